The van der Waals surface area contributed by atoms with Crippen LogP contribution in [-0.2, 0) is 6.54 Å². The lowest BCUT2D eigenvalue weighted by atomic mass is 10.2. The van der Waals surface area contributed by atoms with Crippen molar-refractivity contribution in [3.05, 3.63) is 23.8 Å². The lowest BCUT2D eigenvalue weighted by molar-refractivity contribution is 0.217. The Bertz CT molecular complexity index is 526. The van der Waals surface area contributed by atoms with Crippen LogP contribution in [0.1, 0.15) is 33.3 Å². The minimum Gasteiger partial charge on any atom is -0.493 e. The van der Waals surface area contributed by atoms with Crippen LogP contribution in [-0.4, -0.2) is 62.2 Å². The zero-order valence-corrected chi connectivity index (χ0v) is 16.4. The lowest BCUT2D eigenvalue weighted by Gasteiger charge is -2.19. The van der Waals surface area contributed by atoms with E-state index in [1.54, 1.807) is 7.11 Å². The van der Waals surface area contributed by atoms with E-state index < -0.39 is 0 Å². The fourth-order valence-corrected chi connectivity index (χ4v) is 2.57. The van der Waals surface area contributed by atoms with Gasteiger partial charge in [-0.2, -0.15) is 0 Å². The van der Waals surface area contributed by atoms with Crippen molar-refractivity contribution in [3.63, 3.8) is 0 Å². The Kier molecular flexibility index (Phi) is 9.77. The van der Waals surface area contributed by atoms with Gasteiger partial charge >= 0.3 is 0 Å². The lowest BCUT2D eigenvalue weighted by Crippen LogP contribution is -2.37. The van der Waals surface area contributed by atoms with Gasteiger partial charge in [0.25, 0.3) is 0 Å². The number of nitrogens with zero attached hydrogens (tertiary/aromatic N) is 3. The zero-order chi connectivity index (χ0) is 18.7. The maximum absolute atomic E-state index is 6.02. The van der Waals surface area contributed by atoms with Crippen molar-refractivity contribution in [2.24, 2.45) is 10.7 Å². The first-order valence-corrected chi connectivity index (χ1v) is 9.16. The summed E-state index contributed by atoms with van der Waals surface area (Å²) in [6.07, 6.45) is 0. The molecule has 0 bridgehead atoms. The van der Waals surface area contributed by atoms with E-state index in [1.165, 1.54) is 0 Å². The van der Waals surface area contributed by atoms with Crippen molar-refractivity contribution >= 4 is 5.96 Å². The SMILES string of the molecule is CCN(CC)CCOc1ccc(CN=C(N)N(CC)CC)cc1OC. The molecular weight excluding hydrogens is 316 g/mol. The molecule has 1 aromatic rings. The Balaban J connectivity index is 2.69. The quantitative estimate of drug-likeness (QED) is 0.491. The van der Waals surface area contributed by atoms with Crippen LogP contribution >= 0.6 is 0 Å². The van der Waals surface area contributed by atoms with E-state index in [-0.39, 0.29) is 0 Å². The molecule has 0 atom stereocenters. The normalized spacial score (nSPS) is 11.7. The maximum Gasteiger partial charge on any atom is 0.191 e. The maximum atomic E-state index is 6.02. The molecule has 0 spiro atoms. The molecule has 6 heteroatoms. The van der Waals surface area contributed by atoms with E-state index in [1.807, 2.05) is 23.1 Å². The van der Waals surface area contributed by atoms with Crippen molar-refractivity contribution in [2.45, 2.75) is 34.2 Å². The second-order valence-electron chi connectivity index (χ2n) is 5.71. The van der Waals surface area contributed by atoms with Crippen LogP contribution in [0.4, 0.5) is 0 Å². The standard InChI is InChI=1S/C19H34N4O2/c1-6-22(7-2)12-13-25-17-11-10-16(14-18(17)24-5)15-21-19(20)23(8-3)9-4/h10-11,14H,6-9,12-13,15H2,1-5H3,(H2,20,21). The van der Waals surface area contributed by atoms with Crippen molar-refractivity contribution < 1.29 is 9.47 Å². The number of ether oxygens (including phenoxy) is 2. The summed E-state index contributed by atoms with van der Waals surface area (Å²) in [4.78, 5) is 8.82. The summed E-state index contributed by atoms with van der Waals surface area (Å²) in [5.41, 5.74) is 7.07. The van der Waals surface area contributed by atoms with Gasteiger partial charge in [-0.25, -0.2) is 4.99 Å². The molecule has 0 saturated carbocycles. The average Bonchev–Trinajstić information content (AvgIpc) is 2.65. The van der Waals surface area contributed by atoms with Crippen molar-refractivity contribution in [1.82, 2.24) is 9.80 Å². The van der Waals surface area contributed by atoms with Gasteiger partial charge < -0.3 is 25.0 Å². The van der Waals surface area contributed by atoms with Gasteiger partial charge in [-0.05, 0) is 44.6 Å². The molecule has 1 aromatic carbocycles. The monoisotopic (exact) mass is 350 g/mol. The second-order valence-corrected chi connectivity index (χ2v) is 5.71. The first-order chi connectivity index (χ1) is 12.1. The Labute approximate surface area is 152 Å². The van der Waals surface area contributed by atoms with Gasteiger partial charge in [0.1, 0.15) is 6.61 Å². The van der Waals surface area contributed by atoms with E-state index >= 15 is 0 Å². The number of hydrogen-bond acceptors (Lipinski definition) is 4. The molecule has 0 heterocycles. The molecule has 0 aliphatic carbocycles. The van der Waals surface area contributed by atoms with Gasteiger partial charge in [-0.3, -0.25) is 0 Å². The number of likely N-dealkylation sites (N-methyl/N-ethyl adjacent to an activating group) is 1. The van der Waals surface area contributed by atoms with Crippen molar-refractivity contribution in [3.8, 4) is 11.5 Å². The molecule has 0 unspecified atom stereocenters. The fraction of sp³-hybridized carbons (Fsp3) is 0.632. The molecule has 25 heavy (non-hydrogen) atoms. The van der Waals surface area contributed by atoms with E-state index in [4.69, 9.17) is 15.2 Å². The number of benzene rings is 1. The van der Waals surface area contributed by atoms with Gasteiger partial charge in [0, 0.05) is 19.6 Å². The molecule has 6 nitrogen and oxygen atoms in total. The van der Waals surface area contributed by atoms with Gasteiger partial charge in [-0.15, -0.1) is 0 Å². The second kappa shape index (κ2) is 11.6. The Hall–Kier alpha value is -1.95. The molecule has 0 saturated heterocycles. The summed E-state index contributed by atoms with van der Waals surface area (Å²) in [6, 6.07) is 5.92. The van der Waals surface area contributed by atoms with Gasteiger partial charge in [0.05, 0.1) is 13.7 Å². The highest BCUT2D eigenvalue weighted by molar-refractivity contribution is 5.78. The van der Waals surface area contributed by atoms with Crippen LogP contribution in [0.2, 0.25) is 0 Å². The van der Waals surface area contributed by atoms with Crippen molar-refractivity contribution in [1.29, 1.82) is 0 Å². The predicted octanol–water partition coefficient (Wildman–Crippen LogP) is 2.57. The largest absolute Gasteiger partial charge is 0.493 e. The number of hydrogen-bond donors (Lipinski definition) is 1. The summed E-state index contributed by atoms with van der Waals surface area (Å²) in [7, 11) is 1.66. The van der Waals surface area contributed by atoms with Crippen molar-refractivity contribution in [2.75, 3.05) is 46.4 Å². The minimum atomic E-state index is 0.526. The number of aliphatic imine (C=N–C) groups is 1. The highest BCUT2D eigenvalue weighted by atomic mass is 16.5. The molecule has 2 N–H and O–H groups in total. The van der Waals surface area contributed by atoms with E-state index in [9.17, 15) is 0 Å². The molecule has 0 radical (unpaired) electrons. The number of nitrogens with two attached hydrogens (primary N) is 1. The minimum absolute atomic E-state index is 0.526. The summed E-state index contributed by atoms with van der Waals surface area (Å²) >= 11 is 0. The highest BCUT2D eigenvalue weighted by Crippen LogP contribution is 2.28. The molecule has 1 rings (SSSR count). The molecular formula is C19H34N4O2. The van der Waals surface area contributed by atoms with E-state index in [0.29, 0.717) is 19.1 Å². The highest BCUT2D eigenvalue weighted by Gasteiger charge is 2.08. The Morgan fingerprint density at radius 1 is 1.04 bits per heavy atom. The van der Waals surface area contributed by atoms with Gasteiger partial charge in [0.15, 0.2) is 17.5 Å². The first-order valence-electron chi connectivity index (χ1n) is 9.16. The summed E-state index contributed by atoms with van der Waals surface area (Å²) in [5.74, 6) is 2.07. The van der Waals surface area contributed by atoms with Gasteiger partial charge in [0.2, 0.25) is 0 Å². The summed E-state index contributed by atoms with van der Waals surface area (Å²) < 4.78 is 11.3. The number of rotatable bonds is 11. The van der Waals surface area contributed by atoms with Crippen LogP contribution < -0.4 is 15.2 Å². The topological polar surface area (TPSA) is 63.3 Å². The molecule has 0 aromatic heterocycles. The third-order valence-electron chi connectivity index (χ3n) is 4.30. The fourth-order valence-electron chi connectivity index (χ4n) is 2.57. The predicted molar refractivity (Wildman–Crippen MR) is 105 cm³/mol. The first kappa shape index (κ1) is 21.1. The third-order valence-corrected chi connectivity index (χ3v) is 4.30. The smallest absolute Gasteiger partial charge is 0.191 e. The van der Waals surface area contributed by atoms with E-state index in [2.05, 4.69) is 37.6 Å². The van der Waals surface area contributed by atoms with Gasteiger partial charge in [-0.1, -0.05) is 19.9 Å². The number of methoxy groups -OCH3 is 1. The molecule has 0 aliphatic rings. The molecule has 0 aliphatic heterocycles. The third kappa shape index (κ3) is 6.82. The zero-order valence-electron chi connectivity index (χ0n) is 16.4. The van der Waals surface area contributed by atoms with Crippen LogP contribution in [0.15, 0.2) is 23.2 Å². The van der Waals surface area contributed by atoms with E-state index in [0.717, 1.165) is 49.8 Å². The summed E-state index contributed by atoms with van der Waals surface area (Å²) in [6.45, 7) is 14.3. The Morgan fingerprint density at radius 2 is 1.72 bits per heavy atom. The molecule has 142 valence electrons. The molecule has 0 fully saturated rings. The van der Waals surface area contributed by atoms with Crippen LogP contribution in [0.3, 0.4) is 0 Å². The summed E-state index contributed by atoms with van der Waals surface area (Å²) in [5, 5.41) is 0. The average molecular weight is 351 g/mol. The van der Waals surface area contributed by atoms with Crippen LogP contribution in [0.5, 0.6) is 11.5 Å². The Morgan fingerprint density at radius 3 is 2.28 bits per heavy atom. The van der Waals surface area contributed by atoms with Crippen LogP contribution in [0.25, 0.3) is 0 Å². The number of guanidine groups is 1. The molecule has 0 amide bonds. The van der Waals surface area contributed by atoms with Crippen LogP contribution in [0, 0.1) is 0 Å².